The third-order valence-corrected chi connectivity index (χ3v) is 0. The van der Waals surface area contributed by atoms with E-state index in [1.807, 2.05) is 0 Å². The van der Waals surface area contributed by atoms with Crippen molar-refractivity contribution in [3.05, 3.63) is 11.8 Å². The summed E-state index contributed by atoms with van der Waals surface area (Å²) in [7, 11) is 0. The van der Waals surface area contributed by atoms with Crippen LogP contribution in [0.3, 0.4) is 0 Å². The second-order valence-corrected chi connectivity index (χ2v) is 3.00. The van der Waals surface area contributed by atoms with Gasteiger partial charge in [0.2, 0.25) is 0 Å². The summed E-state index contributed by atoms with van der Waals surface area (Å²) >= 11 is 0. The van der Waals surface area contributed by atoms with Crippen LogP contribution in [-0.2, 0) is 18.6 Å². The Bertz CT molecular complexity index is 27.6. The summed E-state index contributed by atoms with van der Waals surface area (Å²) in [5.41, 5.74) is 0. The summed E-state index contributed by atoms with van der Waals surface area (Å²) in [6.45, 7) is 12.5. The molecule has 0 aromatic carbocycles. The van der Waals surface area contributed by atoms with Gasteiger partial charge in [-0.25, -0.2) is 0 Å². The Labute approximate surface area is 96.6 Å². The van der Waals surface area contributed by atoms with Crippen LogP contribution in [-0.4, -0.2) is 0 Å². The van der Waals surface area contributed by atoms with Crippen LogP contribution in [0.1, 0.15) is 41.5 Å². The van der Waals surface area contributed by atoms with Gasteiger partial charge >= 0.3 is 18.6 Å². The van der Waals surface area contributed by atoms with Crippen LogP contribution in [0.15, 0.2) is 0 Å². The maximum absolute atomic E-state index is 2.08. The number of hydrogen-bond acceptors (Lipinski definition) is 0. The molecule has 0 saturated carbocycles. The van der Waals surface area contributed by atoms with Gasteiger partial charge in [-0.2, -0.15) is 41.5 Å². The number of halogens is 2. The smallest absolute Gasteiger partial charge is 1.00 e. The van der Waals surface area contributed by atoms with Gasteiger partial charge in [0.25, 0.3) is 0 Å². The van der Waals surface area contributed by atoms with Crippen molar-refractivity contribution >= 4 is 0 Å². The molecule has 0 spiro atoms. The molecule has 0 unspecified atom stereocenters. The van der Waals surface area contributed by atoms with Crippen LogP contribution < -0.4 is 24.8 Å². The van der Waals surface area contributed by atoms with E-state index in [1.165, 1.54) is 11.8 Å². The van der Waals surface area contributed by atoms with Crippen molar-refractivity contribution in [3.8, 4) is 0 Å². The second-order valence-electron chi connectivity index (χ2n) is 3.00. The molecule has 0 aliphatic carbocycles. The molecular weight excluding hydrogens is 218 g/mol. The Balaban J connectivity index is -0.0000000171. The second kappa shape index (κ2) is 22.5. The van der Waals surface area contributed by atoms with Gasteiger partial charge in [-0.15, -0.1) is 0 Å². The van der Waals surface area contributed by atoms with Crippen LogP contribution >= 0.6 is 0 Å². The molecule has 0 N–H and O–H groups in total. The molecule has 0 aromatic rings. The molecule has 11 heavy (non-hydrogen) atoms. The molecule has 0 heterocycles. The Morgan fingerprint density at radius 1 is 0.545 bits per heavy atom. The van der Waals surface area contributed by atoms with E-state index in [1.54, 1.807) is 0 Å². The zero-order valence-electron chi connectivity index (χ0n) is 8.20. The SMILES string of the molecule is C[C-](C)C.C[C-](C)C.[Cl-].[Cl-].[V+4]. The average Bonchev–Trinajstić information content (AvgIpc) is 1.25. The molecule has 69 valence electrons. The molecule has 0 saturated heterocycles. The quantitative estimate of drug-likeness (QED) is 0.400. The number of hydrogen-bond donors (Lipinski definition) is 0. The van der Waals surface area contributed by atoms with Gasteiger partial charge in [0.05, 0.1) is 0 Å². The standard InChI is InChI=1S/2C4H9.2ClH.V/c2*1-4(2)3;;;/h2*1-3H3;2*1H;/q2*-1;;;+4/p-2. The number of rotatable bonds is 0. The summed E-state index contributed by atoms with van der Waals surface area (Å²) in [5, 5.41) is 0. The van der Waals surface area contributed by atoms with E-state index in [4.69, 9.17) is 0 Å². The monoisotopic (exact) mass is 235 g/mol. The van der Waals surface area contributed by atoms with Crippen molar-refractivity contribution < 1.29 is 43.4 Å². The van der Waals surface area contributed by atoms with Gasteiger partial charge in [-0.3, -0.25) is 0 Å². The van der Waals surface area contributed by atoms with Gasteiger partial charge in [-0.1, -0.05) is 0 Å². The first-order valence-electron chi connectivity index (χ1n) is 3.00. The normalized spacial score (nSPS) is 6.55. The van der Waals surface area contributed by atoms with E-state index in [-0.39, 0.29) is 43.4 Å². The maximum Gasteiger partial charge on any atom is 4.00 e. The van der Waals surface area contributed by atoms with Crippen molar-refractivity contribution in [3.63, 3.8) is 0 Å². The van der Waals surface area contributed by atoms with Gasteiger partial charge in [0.15, 0.2) is 0 Å². The van der Waals surface area contributed by atoms with Crippen LogP contribution in [0.2, 0.25) is 0 Å². The van der Waals surface area contributed by atoms with Gasteiger partial charge < -0.3 is 36.6 Å². The molecule has 0 amide bonds. The van der Waals surface area contributed by atoms with Crippen molar-refractivity contribution in [2.45, 2.75) is 41.5 Å². The Morgan fingerprint density at radius 3 is 0.545 bits per heavy atom. The molecule has 0 fully saturated rings. The molecule has 0 rings (SSSR count). The molecule has 0 nitrogen and oxygen atoms in total. The Morgan fingerprint density at radius 2 is 0.545 bits per heavy atom. The Kier molecular flexibility index (Phi) is 60.3. The molecule has 0 aliphatic rings. The van der Waals surface area contributed by atoms with Crippen LogP contribution in [0.5, 0.6) is 0 Å². The molecule has 0 bridgehead atoms. The fourth-order valence-corrected chi connectivity index (χ4v) is 0. The van der Waals surface area contributed by atoms with Crippen molar-refractivity contribution in [1.82, 2.24) is 0 Å². The van der Waals surface area contributed by atoms with E-state index < -0.39 is 0 Å². The predicted molar refractivity (Wildman–Crippen MR) is 40.5 cm³/mol. The molecule has 0 atom stereocenters. The maximum atomic E-state index is 2.08. The van der Waals surface area contributed by atoms with Gasteiger partial charge in [-0.05, 0) is 0 Å². The zero-order chi connectivity index (χ0) is 7.15. The summed E-state index contributed by atoms with van der Waals surface area (Å²) in [6.07, 6.45) is 0. The van der Waals surface area contributed by atoms with Crippen LogP contribution in [0.4, 0.5) is 0 Å². The van der Waals surface area contributed by atoms with E-state index in [0.29, 0.717) is 0 Å². The molecular formula is C8H18Cl2V. The minimum atomic E-state index is 0. The molecule has 3 heteroatoms. The summed E-state index contributed by atoms with van der Waals surface area (Å²) in [4.78, 5) is 0. The molecule has 1 radical (unpaired) electrons. The first-order valence-corrected chi connectivity index (χ1v) is 3.00. The third-order valence-electron chi connectivity index (χ3n) is 0. The largest absolute Gasteiger partial charge is 4.00 e. The summed E-state index contributed by atoms with van der Waals surface area (Å²) in [6, 6.07) is 0. The van der Waals surface area contributed by atoms with E-state index in [0.717, 1.165) is 0 Å². The third kappa shape index (κ3) is 692. The minimum absolute atomic E-state index is 0. The van der Waals surface area contributed by atoms with Gasteiger partial charge in [0.1, 0.15) is 0 Å². The fraction of sp³-hybridized carbons (Fsp3) is 0.750. The zero-order valence-corrected chi connectivity index (χ0v) is 11.1. The van der Waals surface area contributed by atoms with E-state index >= 15 is 0 Å². The van der Waals surface area contributed by atoms with Crippen LogP contribution in [0, 0.1) is 11.8 Å². The van der Waals surface area contributed by atoms with Gasteiger partial charge in [0, 0.05) is 0 Å². The first-order chi connectivity index (χ1) is 3.46. The Hall–Kier alpha value is 1.16. The van der Waals surface area contributed by atoms with Crippen molar-refractivity contribution in [2.24, 2.45) is 0 Å². The molecule has 0 aromatic heterocycles. The predicted octanol–water partition coefficient (Wildman–Crippen LogP) is -2.75. The topological polar surface area (TPSA) is 0 Å². The first kappa shape index (κ1) is 29.5. The van der Waals surface area contributed by atoms with Crippen molar-refractivity contribution in [1.29, 1.82) is 0 Å². The fourth-order valence-electron chi connectivity index (χ4n) is 0. The average molecular weight is 236 g/mol. The van der Waals surface area contributed by atoms with E-state index in [9.17, 15) is 0 Å². The van der Waals surface area contributed by atoms with E-state index in [2.05, 4.69) is 41.5 Å². The minimum Gasteiger partial charge on any atom is -1.00 e. The van der Waals surface area contributed by atoms with Crippen LogP contribution in [0.25, 0.3) is 0 Å². The summed E-state index contributed by atoms with van der Waals surface area (Å²) in [5.74, 6) is 2.83. The molecule has 0 aliphatic heterocycles. The van der Waals surface area contributed by atoms with Crippen molar-refractivity contribution in [2.75, 3.05) is 0 Å². The summed E-state index contributed by atoms with van der Waals surface area (Å²) < 4.78 is 0.